The van der Waals surface area contributed by atoms with Crippen LogP contribution in [0, 0.1) is 0 Å². The topological polar surface area (TPSA) is 61.8 Å². The van der Waals surface area contributed by atoms with Gasteiger partial charge in [0.2, 0.25) is 0 Å². The second-order valence-electron chi connectivity index (χ2n) is 9.30. The van der Waals surface area contributed by atoms with Crippen LogP contribution in [0.1, 0.15) is 42.6 Å². The standard InChI is InChI=1S/C27H33N5O2/c1-30(20-9-4-3-5-10-20)27(33)25-23-13-6-7-14-24(23)26(29-28-25)32-17-15-31(16-18-32)21-11-8-12-22(19-21)34-2/h6-8,11-14,19-20H,3-5,9-10,15-18H2,1-2H3. The van der Waals surface area contributed by atoms with Crippen molar-refractivity contribution in [2.75, 3.05) is 50.1 Å². The first kappa shape index (κ1) is 22.4. The molecule has 1 aromatic heterocycles. The lowest BCUT2D eigenvalue weighted by atomic mass is 9.94. The third-order valence-electron chi connectivity index (χ3n) is 7.31. The maximum absolute atomic E-state index is 13.4. The van der Waals surface area contributed by atoms with E-state index in [4.69, 9.17) is 4.74 Å². The van der Waals surface area contributed by atoms with Crippen LogP contribution in [0.2, 0.25) is 0 Å². The van der Waals surface area contributed by atoms with Crippen LogP contribution >= 0.6 is 0 Å². The lowest BCUT2D eigenvalue weighted by Crippen LogP contribution is -2.47. The van der Waals surface area contributed by atoms with E-state index in [9.17, 15) is 4.79 Å². The number of rotatable bonds is 5. The minimum Gasteiger partial charge on any atom is -0.497 e. The molecule has 1 amide bonds. The Balaban J connectivity index is 1.36. The van der Waals surface area contributed by atoms with Crippen LogP contribution in [0.4, 0.5) is 11.5 Å². The summed E-state index contributed by atoms with van der Waals surface area (Å²) in [5.74, 6) is 1.71. The smallest absolute Gasteiger partial charge is 0.275 e. The maximum Gasteiger partial charge on any atom is 0.275 e. The molecule has 1 aliphatic carbocycles. The summed E-state index contributed by atoms with van der Waals surface area (Å²) in [7, 11) is 3.61. The van der Waals surface area contributed by atoms with Gasteiger partial charge < -0.3 is 19.4 Å². The predicted octanol–water partition coefficient (Wildman–Crippen LogP) is 4.37. The van der Waals surface area contributed by atoms with Crippen LogP contribution in [-0.2, 0) is 0 Å². The molecular weight excluding hydrogens is 426 g/mol. The zero-order chi connectivity index (χ0) is 23.5. The van der Waals surface area contributed by atoms with Gasteiger partial charge in [-0.1, -0.05) is 49.6 Å². The van der Waals surface area contributed by atoms with E-state index >= 15 is 0 Å². The quantitative estimate of drug-likeness (QED) is 0.565. The van der Waals surface area contributed by atoms with Crippen LogP contribution in [0.25, 0.3) is 10.8 Å². The molecule has 2 fully saturated rings. The molecule has 0 radical (unpaired) electrons. The third-order valence-corrected chi connectivity index (χ3v) is 7.31. The van der Waals surface area contributed by atoms with Crippen molar-refractivity contribution in [1.82, 2.24) is 15.1 Å². The molecule has 2 aliphatic rings. The van der Waals surface area contributed by atoms with Gasteiger partial charge in [0.05, 0.1) is 7.11 Å². The van der Waals surface area contributed by atoms with E-state index in [0.29, 0.717) is 11.7 Å². The lowest BCUT2D eigenvalue weighted by Gasteiger charge is -2.37. The van der Waals surface area contributed by atoms with E-state index in [-0.39, 0.29) is 5.91 Å². The van der Waals surface area contributed by atoms with Crippen LogP contribution in [-0.4, -0.2) is 67.4 Å². The van der Waals surface area contributed by atoms with E-state index in [1.807, 2.05) is 42.3 Å². The Labute approximate surface area is 201 Å². The maximum atomic E-state index is 13.4. The molecule has 3 aromatic rings. The Morgan fingerprint density at radius 1 is 0.912 bits per heavy atom. The number of benzene rings is 2. The second-order valence-corrected chi connectivity index (χ2v) is 9.30. The summed E-state index contributed by atoms with van der Waals surface area (Å²) in [6.45, 7) is 3.44. The molecule has 0 spiro atoms. The molecule has 178 valence electrons. The first-order valence-electron chi connectivity index (χ1n) is 12.3. The molecule has 7 heteroatoms. The van der Waals surface area contributed by atoms with E-state index in [0.717, 1.165) is 61.4 Å². The number of amides is 1. The van der Waals surface area contributed by atoms with E-state index in [1.165, 1.54) is 24.9 Å². The Hall–Kier alpha value is -3.35. The largest absolute Gasteiger partial charge is 0.497 e. The highest BCUT2D eigenvalue weighted by Crippen LogP contribution is 2.30. The number of hydrogen-bond donors (Lipinski definition) is 0. The number of fused-ring (bicyclic) bond motifs is 1. The Morgan fingerprint density at radius 2 is 1.62 bits per heavy atom. The van der Waals surface area contributed by atoms with Crippen LogP contribution in [0.15, 0.2) is 48.5 Å². The summed E-state index contributed by atoms with van der Waals surface area (Å²) < 4.78 is 5.38. The Morgan fingerprint density at radius 3 is 2.35 bits per heavy atom. The van der Waals surface area contributed by atoms with Crippen molar-refractivity contribution in [1.29, 1.82) is 0 Å². The average molecular weight is 460 g/mol. The number of ether oxygens (including phenoxy) is 1. The molecule has 1 aliphatic heterocycles. The van der Waals surface area contributed by atoms with Gasteiger partial charge in [-0.3, -0.25) is 4.79 Å². The monoisotopic (exact) mass is 459 g/mol. The fourth-order valence-corrected chi connectivity index (χ4v) is 5.27. The SMILES string of the molecule is COc1cccc(N2CCN(c3nnc(C(=O)N(C)C4CCCCC4)c4ccccc34)CC2)c1. The highest BCUT2D eigenvalue weighted by Gasteiger charge is 2.27. The number of methoxy groups -OCH3 is 1. The number of piperazine rings is 1. The second kappa shape index (κ2) is 9.87. The van der Waals surface area contributed by atoms with Crippen LogP contribution in [0.5, 0.6) is 5.75 Å². The molecule has 0 atom stereocenters. The molecule has 2 aromatic carbocycles. The van der Waals surface area contributed by atoms with Gasteiger partial charge in [0, 0.05) is 61.8 Å². The third kappa shape index (κ3) is 4.39. The van der Waals surface area contributed by atoms with Crippen molar-refractivity contribution in [2.45, 2.75) is 38.1 Å². The van der Waals surface area contributed by atoms with Gasteiger partial charge in [0.15, 0.2) is 11.5 Å². The average Bonchev–Trinajstić information content (AvgIpc) is 2.92. The number of carbonyl (C=O) groups is 1. The highest BCUT2D eigenvalue weighted by molar-refractivity contribution is 6.07. The van der Waals surface area contributed by atoms with Crippen molar-refractivity contribution in [3.05, 3.63) is 54.2 Å². The van der Waals surface area contributed by atoms with E-state index in [2.05, 4.69) is 38.2 Å². The fraction of sp³-hybridized carbons (Fsp3) is 0.444. The van der Waals surface area contributed by atoms with Crippen LogP contribution in [0.3, 0.4) is 0 Å². The van der Waals surface area contributed by atoms with Gasteiger partial charge in [-0.25, -0.2) is 0 Å². The number of nitrogens with zero attached hydrogens (tertiary/aromatic N) is 5. The first-order valence-corrected chi connectivity index (χ1v) is 12.3. The molecule has 1 saturated heterocycles. The molecule has 0 bridgehead atoms. The summed E-state index contributed by atoms with van der Waals surface area (Å²) in [5, 5.41) is 11.0. The Kier molecular flexibility index (Phi) is 6.52. The van der Waals surface area contributed by atoms with Gasteiger partial charge >= 0.3 is 0 Å². The first-order chi connectivity index (χ1) is 16.7. The number of aromatic nitrogens is 2. The molecule has 5 rings (SSSR count). The van der Waals surface area contributed by atoms with Crippen LogP contribution < -0.4 is 14.5 Å². The summed E-state index contributed by atoms with van der Waals surface area (Å²) >= 11 is 0. The van der Waals surface area contributed by atoms with Crippen molar-refractivity contribution in [3.63, 3.8) is 0 Å². The fourth-order valence-electron chi connectivity index (χ4n) is 5.27. The minimum atomic E-state index is -0.0232. The summed E-state index contributed by atoms with van der Waals surface area (Å²) in [6, 6.07) is 16.5. The highest BCUT2D eigenvalue weighted by atomic mass is 16.5. The number of hydrogen-bond acceptors (Lipinski definition) is 6. The van der Waals surface area contributed by atoms with Crippen molar-refractivity contribution in [3.8, 4) is 5.75 Å². The number of carbonyl (C=O) groups excluding carboxylic acids is 1. The lowest BCUT2D eigenvalue weighted by molar-refractivity contribution is 0.0691. The zero-order valence-corrected chi connectivity index (χ0v) is 20.1. The molecule has 0 N–H and O–H groups in total. The van der Waals surface area contributed by atoms with Crippen molar-refractivity contribution < 1.29 is 9.53 Å². The van der Waals surface area contributed by atoms with Gasteiger partial charge in [-0.2, -0.15) is 0 Å². The molecule has 0 unspecified atom stereocenters. The van der Waals surface area contributed by atoms with E-state index in [1.54, 1.807) is 7.11 Å². The summed E-state index contributed by atoms with van der Waals surface area (Å²) in [4.78, 5) is 19.9. The normalized spacial score (nSPS) is 17.1. The number of anilines is 2. The minimum absolute atomic E-state index is 0.0232. The summed E-state index contributed by atoms with van der Waals surface area (Å²) in [6.07, 6.45) is 5.79. The Bertz CT molecular complexity index is 1150. The molecule has 34 heavy (non-hydrogen) atoms. The van der Waals surface area contributed by atoms with Gasteiger partial charge in [-0.05, 0) is 25.0 Å². The van der Waals surface area contributed by atoms with E-state index < -0.39 is 0 Å². The molecule has 7 nitrogen and oxygen atoms in total. The molecule has 2 heterocycles. The van der Waals surface area contributed by atoms with Gasteiger partial charge in [0.1, 0.15) is 5.75 Å². The van der Waals surface area contributed by atoms with Crippen molar-refractivity contribution in [2.24, 2.45) is 0 Å². The predicted molar refractivity (Wildman–Crippen MR) is 136 cm³/mol. The zero-order valence-electron chi connectivity index (χ0n) is 20.1. The molecule has 1 saturated carbocycles. The van der Waals surface area contributed by atoms with Gasteiger partial charge in [-0.15, -0.1) is 10.2 Å². The summed E-state index contributed by atoms with van der Waals surface area (Å²) in [5.41, 5.74) is 1.63. The molecular formula is C27H33N5O2. The van der Waals surface area contributed by atoms with Gasteiger partial charge in [0.25, 0.3) is 5.91 Å². The van der Waals surface area contributed by atoms with Crippen molar-refractivity contribution >= 4 is 28.2 Å².